The van der Waals surface area contributed by atoms with Crippen molar-refractivity contribution in [3.8, 4) is 0 Å². The summed E-state index contributed by atoms with van der Waals surface area (Å²) < 4.78 is 32.5. The molecule has 2 heterocycles. The van der Waals surface area contributed by atoms with Crippen molar-refractivity contribution in [3.63, 3.8) is 0 Å². The highest BCUT2D eigenvalue weighted by Crippen LogP contribution is 2.46. The standard InChI is InChI=1S/C14H25NO3S/c1-12-13(4-11-18-12)19(16,17)15-9-7-14(8-10-15)5-2-3-6-14/h12-13H,2-11H2,1H3/t12-,13+/m0/s1. The number of ether oxygens (including phenoxy) is 1. The van der Waals surface area contributed by atoms with Crippen LogP contribution >= 0.6 is 0 Å². The summed E-state index contributed by atoms with van der Waals surface area (Å²) in [5.74, 6) is 0. The molecular weight excluding hydrogens is 262 g/mol. The van der Waals surface area contributed by atoms with E-state index in [1.54, 1.807) is 4.31 Å². The maximum Gasteiger partial charge on any atom is 0.219 e. The minimum Gasteiger partial charge on any atom is -0.377 e. The SMILES string of the molecule is C[C@@H]1OCC[C@H]1S(=O)(=O)N1CCC2(CCCC2)CC1. The highest BCUT2D eigenvalue weighted by Gasteiger charge is 2.44. The first-order chi connectivity index (χ1) is 9.04. The van der Waals surface area contributed by atoms with Crippen molar-refractivity contribution in [3.05, 3.63) is 0 Å². The molecule has 3 aliphatic rings. The van der Waals surface area contributed by atoms with Crippen molar-refractivity contribution >= 4 is 10.0 Å². The summed E-state index contributed by atoms with van der Waals surface area (Å²) in [5, 5.41) is -0.315. The highest BCUT2D eigenvalue weighted by molar-refractivity contribution is 7.89. The van der Waals surface area contributed by atoms with E-state index in [9.17, 15) is 8.42 Å². The molecule has 19 heavy (non-hydrogen) atoms. The summed E-state index contributed by atoms with van der Waals surface area (Å²) in [6.07, 6.45) is 7.93. The zero-order valence-electron chi connectivity index (χ0n) is 11.8. The van der Waals surface area contributed by atoms with E-state index in [0.29, 0.717) is 18.4 Å². The summed E-state index contributed by atoms with van der Waals surface area (Å²) in [4.78, 5) is 0. The first-order valence-corrected chi connectivity index (χ1v) is 9.14. The third-order valence-electron chi connectivity index (χ3n) is 5.50. The van der Waals surface area contributed by atoms with Gasteiger partial charge in [-0.2, -0.15) is 0 Å². The molecule has 0 aromatic carbocycles. The van der Waals surface area contributed by atoms with Crippen LogP contribution in [0.3, 0.4) is 0 Å². The lowest BCUT2D eigenvalue weighted by Crippen LogP contribution is -2.47. The van der Waals surface area contributed by atoms with Gasteiger partial charge in [0.2, 0.25) is 10.0 Å². The number of hydrogen-bond donors (Lipinski definition) is 0. The molecule has 1 aliphatic carbocycles. The molecule has 3 rings (SSSR count). The Balaban J connectivity index is 1.67. The third kappa shape index (κ3) is 2.45. The van der Waals surface area contributed by atoms with E-state index < -0.39 is 10.0 Å². The number of sulfonamides is 1. The molecule has 0 bridgehead atoms. The van der Waals surface area contributed by atoms with Gasteiger partial charge in [0.1, 0.15) is 5.25 Å². The summed E-state index contributed by atoms with van der Waals surface area (Å²) in [6, 6.07) is 0. The maximum absolute atomic E-state index is 12.6. The van der Waals surface area contributed by atoms with Crippen molar-refractivity contribution in [2.24, 2.45) is 5.41 Å². The average molecular weight is 287 g/mol. The molecule has 0 N–H and O–H groups in total. The lowest BCUT2D eigenvalue weighted by atomic mass is 9.78. The number of piperidine rings is 1. The Kier molecular flexibility index (Phi) is 3.65. The fourth-order valence-corrected chi connectivity index (χ4v) is 6.17. The van der Waals surface area contributed by atoms with Crippen molar-refractivity contribution in [2.45, 2.75) is 63.2 Å². The molecule has 2 aliphatic heterocycles. The second kappa shape index (κ2) is 5.01. The molecule has 0 unspecified atom stereocenters. The second-order valence-corrected chi connectivity index (χ2v) is 8.71. The van der Waals surface area contributed by atoms with Crippen LogP contribution in [0.5, 0.6) is 0 Å². The Bertz CT molecular complexity index is 418. The highest BCUT2D eigenvalue weighted by atomic mass is 32.2. The largest absolute Gasteiger partial charge is 0.377 e. The van der Waals surface area contributed by atoms with Crippen LogP contribution in [0.4, 0.5) is 0 Å². The minimum atomic E-state index is -3.15. The van der Waals surface area contributed by atoms with Gasteiger partial charge in [-0.3, -0.25) is 0 Å². The van der Waals surface area contributed by atoms with Crippen LogP contribution in [0.1, 0.15) is 51.9 Å². The van der Waals surface area contributed by atoms with Gasteiger partial charge in [0.15, 0.2) is 0 Å². The van der Waals surface area contributed by atoms with E-state index in [1.165, 1.54) is 25.7 Å². The van der Waals surface area contributed by atoms with Gasteiger partial charge in [-0.25, -0.2) is 12.7 Å². The van der Waals surface area contributed by atoms with E-state index in [4.69, 9.17) is 4.74 Å². The molecule has 0 amide bonds. The van der Waals surface area contributed by atoms with Crippen LogP contribution in [0, 0.1) is 5.41 Å². The van der Waals surface area contributed by atoms with Gasteiger partial charge in [-0.15, -0.1) is 0 Å². The molecule has 3 fully saturated rings. The minimum absolute atomic E-state index is 0.146. The van der Waals surface area contributed by atoms with E-state index in [2.05, 4.69) is 0 Å². The first-order valence-electron chi connectivity index (χ1n) is 7.64. The molecule has 4 nitrogen and oxygen atoms in total. The quantitative estimate of drug-likeness (QED) is 0.782. The van der Waals surface area contributed by atoms with Gasteiger partial charge in [0.05, 0.1) is 6.10 Å². The molecule has 2 saturated heterocycles. The van der Waals surface area contributed by atoms with Gasteiger partial charge in [-0.1, -0.05) is 12.8 Å². The van der Waals surface area contributed by atoms with Crippen molar-refractivity contribution in [2.75, 3.05) is 19.7 Å². The molecule has 0 aromatic rings. The van der Waals surface area contributed by atoms with Crippen LogP contribution in [0.2, 0.25) is 0 Å². The van der Waals surface area contributed by atoms with Crippen molar-refractivity contribution < 1.29 is 13.2 Å². The summed E-state index contributed by atoms with van der Waals surface area (Å²) in [5.41, 5.74) is 0.476. The topological polar surface area (TPSA) is 46.6 Å². The Morgan fingerprint density at radius 1 is 1.11 bits per heavy atom. The Hall–Kier alpha value is -0.130. The molecular formula is C14H25NO3S. The lowest BCUT2D eigenvalue weighted by Gasteiger charge is -2.39. The number of rotatable bonds is 2. The van der Waals surface area contributed by atoms with Gasteiger partial charge in [-0.05, 0) is 44.4 Å². The van der Waals surface area contributed by atoms with Crippen LogP contribution in [-0.4, -0.2) is 43.8 Å². The van der Waals surface area contributed by atoms with Crippen LogP contribution < -0.4 is 0 Å². The van der Waals surface area contributed by atoms with E-state index >= 15 is 0 Å². The average Bonchev–Trinajstić information content (AvgIpc) is 3.00. The van der Waals surface area contributed by atoms with Crippen molar-refractivity contribution in [1.82, 2.24) is 4.31 Å². The molecule has 1 saturated carbocycles. The summed E-state index contributed by atoms with van der Waals surface area (Å²) in [7, 11) is -3.15. The fraction of sp³-hybridized carbons (Fsp3) is 1.00. The second-order valence-electron chi connectivity index (χ2n) is 6.55. The van der Waals surface area contributed by atoms with Gasteiger partial charge in [0.25, 0.3) is 0 Å². The van der Waals surface area contributed by atoms with Crippen LogP contribution in [0.25, 0.3) is 0 Å². The number of nitrogens with zero attached hydrogens (tertiary/aromatic N) is 1. The lowest BCUT2D eigenvalue weighted by molar-refractivity contribution is 0.123. The van der Waals surface area contributed by atoms with Gasteiger partial charge >= 0.3 is 0 Å². The molecule has 2 atom stereocenters. The summed E-state index contributed by atoms with van der Waals surface area (Å²) in [6.45, 7) is 3.93. The Morgan fingerprint density at radius 2 is 1.74 bits per heavy atom. The number of hydrogen-bond acceptors (Lipinski definition) is 3. The van der Waals surface area contributed by atoms with E-state index in [1.807, 2.05) is 6.92 Å². The zero-order valence-corrected chi connectivity index (χ0v) is 12.6. The Labute approximate surface area is 116 Å². The molecule has 5 heteroatoms. The van der Waals surface area contributed by atoms with E-state index in [-0.39, 0.29) is 11.4 Å². The summed E-state index contributed by atoms with van der Waals surface area (Å²) >= 11 is 0. The van der Waals surface area contributed by atoms with Crippen molar-refractivity contribution in [1.29, 1.82) is 0 Å². The monoisotopic (exact) mass is 287 g/mol. The van der Waals surface area contributed by atoms with E-state index in [0.717, 1.165) is 25.9 Å². The Morgan fingerprint density at radius 3 is 2.26 bits per heavy atom. The maximum atomic E-state index is 12.6. The smallest absolute Gasteiger partial charge is 0.219 e. The molecule has 0 aromatic heterocycles. The normalized spacial score (nSPS) is 36.1. The molecule has 1 spiro atoms. The zero-order chi connectivity index (χ0) is 13.5. The van der Waals surface area contributed by atoms with Crippen LogP contribution in [-0.2, 0) is 14.8 Å². The van der Waals surface area contributed by atoms with Crippen LogP contribution in [0.15, 0.2) is 0 Å². The first kappa shape index (κ1) is 13.8. The van der Waals surface area contributed by atoms with Gasteiger partial charge in [0, 0.05) is 19.7 Å². The fourth-order valence-electron chi connectivity index (χ4n) is 4.13. The third-order valence-corrected chi connectivity index (χ3v) is 7.97. The predicted molar refractivity (Wildman–Crippen MR) is 74.4 cm³/mol. The predicted octanol–water partition coefficient (Wildman–Crippen LogP) is 2.15. The van der Waals surface area contributed by atoms with Gasteiger partial charge < -0.3 is 4.74 Å². The molecule has 110 valence electrons. The molecule has 0 radical (unpaired) electrons.